The average Bonchev–Trinajstić information content (AvgIpc) is 3.16. The van der Waals surface area contributed by atoms with Gasteiger partial charge in [0, 0.05) is 24.0 Å². The lowest BCUT2D eigenvalue weighted by Crippen LogP contribution is -2.37. The highest BCUT2D eigenvalue weighted by molar-refractivity contribution is 7.13. The number of benzene rings is 2. The number of nitrogens with one attached hydrogen (secondary N) is 2. The maximum absolute atomic E-state index is 12.1. The smallest absolute Gasteiger partial charge is 0.315 e. The molecule has 2 aromatic carbocycles. The number of nitrogens with zero attached hydrogens (tertiary/aromatic N) is 1. The van der Waals surface area contributed by atoms with Crippen LogP contribution in [0.2, 0.25) is 0 Å². The molecule has 0 saturated carbocycles. The molecule has 0 atom stereocenters. The van der Waals surface area contributed by atoms with Gasteiger partial charge in [-0.2, -0.15) is 0 Å². The molecule has 0 fully saturated rings. The molecule has 0 saturated heterocycles. The van der Waals surface area contributed by atoms with Gasteiger partial charge in [0.15, 0.2) is 5.13 Å². The van der Waals surface area contributed by atoms with Crippen molar-refractivity contribution in [2.45, 2.75) is 5.92 Å². The zero-order valence-electron chi connectivity index (χ0n) is 13.4. The number of anilines is 1. The molecule has 0 spiro atoms. The Hall–Kier alpha value is -2.99. The first-order chi connectivity index (χ1) is 12.2. The Balaban J connectivity index is 1.68. The van der Waals surface area contributed by atoms with E-state index in [1.807, 2.05) is 60.7 Å². The fourth-order valence-corrected chi connectivity index (χ4v) is 3.04. The van der Waals surface area contributed by atoms with E-state index in [2.05, 4.69) is 15.6 Å². The van der Waals surface area contributed by atoms with Crippen molar-refractivity contribution in [3.05, 3.63) is 83.4 Å². The van der Waals surface area contributed by atoms with Gasteiger partial charge < -0.3 is 5.32 Å². The van der Waals surface area contributed by atoms with Gasteiger partial charge in [0.25, 0.3) is 0 Å². The standard InChI is InChI=1S/C19H17N3O2S/c23-17(18(24)22-19-20-11-12-25-19)21-13-16(14-7-3-1-4-8-14)15-9-5-2-6-10-15/h1-12,16H,13H2,(H,21,23)(H,20,22,24). The number of carbonyl (C=O) groups excluding carboxylic acids is 2. The van der Waals surface area contributed by atoms with Gasteiger partial charge in [-0.1, -0.05) is 60.7 Å². The third-order valence-electron chi connectivity index (χ3n) is 3.73. The van der Waals surface area contributed by atoms with Crippen LogP contribution in [0.3, 0.4) is 0 Å². The molecule has 2 N–H and O–H groups in total. The summed E-state index contributed by atoms with van der Waals surface area (Å²) in [6.07, 6.45) is 1.57. The van der Waals surface area contributed by atoms with Gasteiger partial charge in [0.05, 0.1) is 0 Å². The van der Waals surface area contributed by atoms with Crippen LogP contribution in [0.15, 0.2) is 72.2 Å². The molecule has 5 nitrogen and oxygen atoms in total. The van der Waals surface area contributed by atoms with Crippen LogP contribution >= 0.6 is 11.3 Å². The van der Waals surface area contributed by atoms with E-state index in [0.29, 0.717) is 11.7 Å². The van der Waals surface area contributed by atoms with Crippen molar-refractivity contribution < 1.29 is 9.59 Å². The number of hydrogen-bond donors (Lipinski definition) is 2. The minimum atomic E-state index is -0.713. The van der Waals surface area contributed by atoms with Crippen molar-refractivity contribution in [1.82, 2.24) is 10.3 Å². The molecule has 0 bridgehead atoms. The van der Waals surface area contributed by atoms with Crippen LogP contribution in [0, 0.1) is 0 Å². The summed E-state index contributed by atoms with van der Waals surface area (Å²) in [5, 5.41) is 7.34. The molecule has 0 radical (unpaired) electrons. The summed E-state index contributed by atoms with van der Waals surface area (Å²) in [4.78, 5) is 28.0. The van der Waals surface area contributed by atoms with Gasteiger partial charge in [-0.15, -0.1) is 11.3 Å². The quantitative estimate of drug-likeness (QED) is 0.694. The first kappa shape index (κ1) is 16.9. The van der Waals surface area contributed by atoms with Gasteiger partial charge in [-0.05, 0) is 11.1 Å². The minimum Gasteiger partial charge on any atom is -0.347 e. The largest absolute Gasteiger partial charge is 0.347 e. The molecule has 2 amide bonds. The monoisotopic (exact) mass is 351 g/mol. The van der Waals surface area contributed by atoms with E-state index in [4.69, 9.17) is 0 Å². The van der Waals surface area contributed by atoms with E-state index in [1.54, 1.807) is 11.6 Å². The van der Waals surface area contributed by atoms with Crippen LogP contribution in [0.4, 0.5) is 5.13 Å². The third kappa shape index (κ3) is 4.51. The second kappa shape index (κ2) is 8.21. The molecule has 1 heterocycles. The molecule has 1 aromatic heterocycles. The van der Waals surface area contributed by atoms with Gasteiger partial charge in [0.1, 0.15) is 0 Å². The van der Waals surface area contributed by atoms with Crippen molar-refractivity contribution in [2.75, 3.05) is 11.9 Å². The molecule has 126 valence electrons. The lowest BCUT2D eigenvalue weighted by atomic mass is 9.91. The summed E-state index contributed by atoms with van der Waals surface area (Å²) in [5.74, 6) is -1.42. The summed E-state index contributed by atoms with van der Waals surface area (Å²) >= 11 is 1.26. The fourth-order valence-electron chi connectivity index (χ4n) is 2.51. The number of carbonyl (C=O) groups is 2. The highest BCUT2D eigenvalue weighted by Gasteiger charge is 2.19. The lowest BCUT2D eigenvalue weighted by Gasteiger charge is -2.18. The molecule has 0 aliphatic carbocycles. The summed E-state index contributed by atoms with van der Waals surface area (Å²) in [5.41, 5.74) is 2.16. The normalized spacial score (nSPS) is 10.4. The van der Waals surface area contributed by atoms with Gasteiger partial charge in [-0.25, -0.2) is 4.98 Å². The topological polar surface area (TPSA) is 71.1 Å². The van der Waals surface area contributed by atoms with Crippen molar-refractivity contribution in [2.24, 2.45) is 0 Å². The van der Waals surface area contributed by atoms with Gasteiger partial charge in [0.2, 0.25) is 0 Å². The maximum Gasteiger partial charge on any atom is 0.315 e. The Morgan fingerprint density at radius 2 is 1.52 bits per heavy atom. The van der Waals surface area contributed by atoms with E-state index in [1.165, 1.54) is 11.3 Å². The first-order valence-electron chi connectivity index (χ1n) is 7.82. The van der Waals surface area contributed by atoms with Crippen LogP contribution in [0.25, 0.3) is 0 Å². The molecule has 0 aliphatic rings. The number of amides is 2. The van der Waals surface area contributed by atoms with E-state index in [-0.39, 0.29) is 5.92 Å². The Kier molecular flexibility index (Phi) is 5.53. The molecule has 25 heavy (non-hydrogen) atoms. The Morgan fingerprint density at radius 3 is 2.04 bits per heavy atom. The highest BCUT2D eigenvalue weighted by atomic mass is 32.1. The summed E-state index contributed by atoms with van der Waals surface area (Å²) < 4.78 is 0. The fraction of sp³-hybridized carbons (Fsp3) is 0.105. The predicted octanol–water partition coefficient (Wildman–Crippen LogP) is 3.03. The van der Waals surface area contributed by atoms with E-state index < -0.39 is 11.8 Å². The van der Waals surface area contributed by atoms with Crippen molar-refractivity contribution >= 4 is 28.3 Å². The zero-order valence-corrected chi connectivity index (χ0v) is 14.2. The molecule has 0 aliphatic heterocycles. The van der Waals surface area contributed by atoms with Crippen LogP contribution in [0.1, 0.15) is 17.0 Å². The second-order valence-corrected chi connectivity index (χ2v) is 6.27. The van der Waals surface area contributed by atoms with E-state index in [0.717, 1.165) is 11.1 Å². The van der Waals surface area contributed by atoms with Crippen molar-refractivity contribution in [3.8, 4) is 0 Å². The van der Waals surface area contributed by atoms with Gasteiger partial charge >= 0.3 is 11.8 Å². The minimum absolute atomic E-state index is 0.0287. The predicted molar refractivity (Wildman–Crippen MR) is 98.5 cm³/mol. The van der Waals surface area contributed by atoms with Crippen LogP contribution < -0.4 is 10.6 Å². The highest BCUT2D eigenvalue weighted by Crippen LogP contribution is 2.23. The van der Waals surface area contributed by atoms with E-state index >= 15 is 0 Å². The third-order valence-corrected chi connectivity index (χ3v) is 4.42. The summed E-state index contributed by atoms with van der Waals surface area (Å²) in [6.45, 7) is 0.331. The number of hydrogen-bond acceptors (Lipinski definition) is 4. The molecular formula is C19H17N3O2S. The SMILES string of the molecule is O=C(NCC(c1ccccc1)c1ccccc1)C(=O)Nc1nccs1. The van der Waals surface area contributed by atoms with Crippen LogP contribution in [-0.4, -0.2) is 23.3 Å². The lowest BCUT2D eigenvalue weighted by molar-refractivity contribution is -0.136. The molecular weight excluding hydrogens is 334 g/mol. The zero-order chi connectivity index (χ0) is 17.5. The van der Waals surface area contributed by atoms with Crippen LogP contribution in [0.5, 0.6) is 0 Å². The molecule has 3 aromatic rings. The number of thiazole rings is 1. The number of aromatic nitrogens is 1. The summed E-state index contributed by atoms with van der Waals surface area (Å²) in [7, 11) is 0. The number of rotatable bonds is 5. The molecule has 0 unspecified atom stereocenters. The maximum atomic E-state index is 12.1. The average molecular weight is 351 g/mol. The van der Waals surface area contributed by atoms with Gasteiger partial charge in [-0.3, -0.25) is 14.9 Å². The van der Waals surface area contributed by atoms with E-state index in [9.17, 15) is 9.59 Å². The Morgan fingerprint density at radius 1 is 0.920 bits per heavy atom. The summed E-state index contributed by atoms with van der Waals surface area (Å²) in [6, 6.07) is 19.8. The molecule has 3 rings (SSSR count). The molecule has 6 heteroatoms. The Bertz CT molecular complexity index is 781. The first-order valence-corrected chi connectivity index (χ1v) is 8.70. The van der Waals surface area contributed by atoms with Crippen LogP contribution in [-0.2, 0) is 9.59 Å². The van der Waals surface area contributed by atoms with Crippen molar-refractivity contribution in [3.63, 3.8) is 0 Å². The Labute approximate surface area is 149 Å². The van der Waals surface area contributed by atoms with Crippen molar-refractivity contribution in [1.29, 1.82) is 0 Å². The second-order valence-electron chi connectivity index (χ2n) is 5.38.